The van der Waals surface area contributed by atoms with E-state index < -0.39 is 0 Å². The normalized spacial score (nSPS) is 18.0. The molecular weight excluding hydrogens is 371 g/mol. The van der Waals surface area contributed by atoms with Crippen LogP contribution in [-0.2, 0) is 9.59 Å². The highest BCUT2D eigenvalue weighted by molar-refractivity contribution is 5.82. The molecule has 4 rings (SSSR count). The maximum atomic E-state index is 13.4. The quantitative estimate of drug-likeness (QED) is 0.840. The van der Waals surface area contributed by atoms with Crippen molar-refractivity contribution in [1.82, 2.24) is 14.8 Å². The van der Waals surface area contributed by atoms with E-state index in [0.717, 1.165) is 43.4 Å². The lowest BCUT2D eigenvalue weighted by Gasteiger charge is -2.32. The van der Waals surface area contributed by atoms with Gasteiger partial charge in [0.1, 0.15) is 5.82 Å². The fourth-order valence-corrected chi connectivity index (χ4v) is 4.43. The Morgan fingerprint density at radius 2 is 2.00 bits per heavy atom. The molecule has 1 aromatic carbocycles. The monoisotopic (exact) mass is 398 g/mol. The van der Waals surface area contributed by atoms with Crippen molar-refractivity contribution in [3.8, 4) is 0 Å². The van der Waals surface area contributed by atoms with E-state index in [-0.39, 0.29) is 23.5 Å². The van der Waals surface area contributed by atoms with Crippen molar-refractivity contribution in [2.75, 3.05) is 31.9 Å². The summed E-state index contributed by atoms with van der Waals surface area (Å²) in [6.45, 7) is 2.88. The summed E-state index contributed by atoms with van der Waals surface area (Å²) in [6.07, 6.45) is 4.42. The van der Waals surface area contributed by atoms with Gasteiger partial charge in [-0.3, -0.25) is 14.6 Å². The summed E-state index contributed by atoms with van der Waals surface area (Å²) in [4.78, 5) is 32.6. The Bertz CT molecular complexity index is 924. The Labute approximate surface area is 169 Å². The van der Waals surface area contributed by atoms with Crippen LogP contribution in [-0.4, -0.2) is 52.8 Å². The first-order valence-corrected chi connectivity index (χ1v) is 10.4. The van der Waals surface area contributed by atoms with Crippen molar-refractivity contribution in [3.05, 3.63) is 35.8 Å². The zero-order valence-electron chi connectivity index (χ0n) is 16.6. The number of fused-ring (bicyclic) bond motifs is 1. The molecule has 154 valence electrons. The number of nitrogens with two attached hydrogens (primary N) is 1. The number of amides is 2. The molecule has 0 atom stereocenters. The molecule has 2 aliphatic rings. The smallest absolute Gasteiger partial charge is 0.222 e. The number of pyridine rings is 1. The van der Waals surface area contributed by atoms with E-state index in [2.05, 4.69) is 4.98 Å². The van der Waals surface area contributed by atoms with E-state index in [1.807, 2.05) is 9.80 Å². The zero-order valence-corrected chi connectivity index (χ0v) is 16.6. The van der Waals surface area contributed by atoms with Crippen molar-refractivity contribution in [2.45, 2.75) is 44.4 Å². The van der Waals surface area contributed by atoms with Gasteiger partial charge >= 0.3 is 0 Å². The van der Waals surface area contributed by atoms with Crippen molar-refractivity contribution >= 4 is 28.4 Å². The number of nitrogens with zero attached hydrogens (tertiary/aromatic N) is 3. The Hall–Kier alpha value is -2.70. The largest absolute Gasteiger partial charge is 0.397 e. The van der Waals surface area contributed by atoms with Crippen molar-refractivity contribution in [2.24, 2.45) is 0 Å². The number of carbonyl (C=O) groups excluding carboxylic acids is 2. The minimum Gasteiger partial charge on any atom is -0.397 e. The SMILES string of the molecule is Nc1cc2cc(F)ccc2nc1C1CCN(C(=O)CCCN2CCCC2=O)CC1. The van der Waals surface area contributed by atoms with Crippen LogP contribution in [0.5, 0.6) is 0 Å². The van der Waals surface area contributed by atoms with Crippen LogP contribution < -0.4 is 5.73 Å². The molecule has 6 nitrogen and oxygen atoms in total. The van der Waals surface area contributed by atoms with Crippen LogP contribution in [0.2, 0.25) is 0 Å². The summed E-state index contributed by atoms with van der Waals surface area (Å²) in [5, 5.41) is 0.704. The van der Waals surface area contributed by atoms with Gasteiger partial charge in [-0.25, -0.2) is 4.39 Å². The number of benzene rings is 1. The molecule has 0 bridgehead atoms. The third kappa shape index (κ3) is 4.33. The second-order valence-corrected chi connectivity index (χ2v) is 8.04. The van der Waals surface area contributed by atoms with Crippen LogP contribution in [0.15, 0.2) is 24.3 Å². The molecule has 2 saturated heterocycles. The number of hydrogen-bond acceptors (Lipinski definition) is 4. The number of nitrogen functional groups attached to an aromatic ring is 1. The van der Waals surface area contributed by atoms with E-state index in [1.54, 1.807) is 12.1 Å². The van der Waals surface area contributed by atoms with Crippen LogP contribution in [0, 0.1) is 5.82 Å². The predicted molar refractivity (Wildman–Crippen MR) is 110 cm³/mol. The highest BCUT2D eigenvalue weighted by Gasteiger charge is 2.26. The van der Waals surface area contributed by atoms with Crippen LogP contribution in [0.25, 0.3) is 10.9 Å². The first-order chi connectivity index (χ1) is 14.0. The molecule has 3 heterocycles. The third-order valence-electron chi connectivity index (χ3n) is 6.06. The van der Waals surface area contributed by atoms with E-state index in [1.165, 1.54) is 12.1 Å². The number of halogens is 1. The molecular formula is C22H27FN4O2. The van der Waals surface area contributed by atoms with Gasteiger partial charge in [0.15, 0.2) is 0 Å². The van der Waals surface area contributed by atoms with Gasteiger partial charge in [-0.05, 0) is 49.9 Å². The van der Waals surface area contributed by atoms with Crippen molar-refractivity contribution < 1.29 is 14.0 Å². The molecule has 0 radical (unpaired) electrons. The lowest BCUT2D eigenvalue weighted by atomic mass is 9.91. The fraction of sp³-hybridized carbons (Fsp3) is 0.500. The molecule has 0 unspecified atom stereocenters. The lowest BCUT2D eigenvalue weighted by Crippen LogP contribution is -2.38. The highest BCUT2D eigenvalue weighted by Crippen LogP contribution is 2.32. The number of hydrogen-bond donors (Lipinski definition) is 1. The van der Waals surface area contributed by atoms with Crippen molar-refractivity contribution in [3.63, 3.8) is 0 Å². The maximum absolute atomic E-state index is 13.4. The molecule has 2 aliphatic heterocycles. The number of likely N-dealkylation sites (tertiary alicyclic amines) is 2. The number of carbonyl (C=O) groups is 2. The second-order valence-electron chi connectivity index (χ2n) is 8.04. The summed E-state index contributed by atoms with van der Waals surface area (Å²) in [7, 11) is 0. The minimum atomic E-state index is -0.299. The summed E-state index contributed by atoms with van der Waals surface area (Å²) >= 11 is 0. The molecule has 0 saturated carbocycles. The predicted octanol–water partition coefficient (Wildman–Crippen LogP) is 3.06. The van der Waals surface area contributed by atoms with Crippen molar-refractivity contribution in [1.29, 1.82) is 0 Å². The highest BCUT2D eigenvalue weighted by atomic mass is 19.1. The summed E-state index contributed by atoms with van der Waals surface area (Å²) in [6, 6.07) is 6.32. The van der Waals surface area contributed by atoms with Gasteiger partial charge in [0.05, 0.1) is 16.9 Å². The van der Waals surface area contributed by atoms with Crippen LogP contribution in [0.1, 0.15) is 50.1 Å². The number of anilines is 1. The molecule has 0 spiro atoms. The molecule has 2 fully saturated rings. The van der Waals surface area contributed by atoms with Gasteiger partial charge in [0.2, 0.25) is 11.8 Å². The van der Waals surface area contributed by atoms with E-state index >= 15 is 0 Å². The fourth-order valence-electron chi connectivity index (χ4n) is 4.43. The lowest BCUT2D eigenvalue weighted by molar-refractivity contribution is -0.133. The number of rotatable bonds is 5. The molecule has 29 heavy (non-hydrogen) atoms. The average molecular weight is 398 g/mol. The molecule has 7 heteroatoms. The Kier molecular flexibility index (Phi) is 5.65. The van der Waals surface area contributed by atoms with E-state index in [0.29, 0.717) is 43.5 Å². The second kappa shape index (κ2) is 8.35. The van der Waals surface area contributed by atoms with Gasteiger partial charge < -0.3 is 15.5 Å². The Morgan fingerprint density at radius 3 is 2.72 bits per heavy atom. The summed E-state index contributed by atoms with van der Waals surface area (Å²) in [5.74, 6) is 0.273. The molecule has 2 amide bonds. The van der Waals surface area contributed by atoms with E-state index in [9.17, 15) is 14.0 Å². The molecule has 2 N–H and O–H groups in total. The Balaban J connectivity index is 1.31. The van der Waals surface area contributed by atoms with Crippen LogP contribution in [0.3, 0.4) is 0 Å². The number of piperidine rings is 1. The van der Waals surface area contributed by atoms with Crippen LogP contribution in [0.4, 0.5) is 10.1 Å². The van der Waals surface area contributed by atoms with E-state index in [4.69, 9.17) is 5.73 Å². The maximum Gasteiger partial charge on any atom is 0.222 e. The topological polar surface area (TPSA) is 79.5 Å². The summed E-state index contributed by atoms with van der Waals surface area (Å²) in [5.41, 5.74) is 8.38. The third-order valence-corrected chi connectivity index (χ3v) is 6.06. The van der Waals surface area contributed by atoms with Gasteiger partial charge in [-0.1, -0.05) is 0 Å². The molecule has 0 aliphatic carbocycles. The zero-order chi connectivity index (χ0) is 20.4. The first-order valence-electron chi connectivity index (χ1n) is 10.4. The van der Waals surface area contributed by atoms with Crippen LogP contribution >= 0.6 is 0 Å². The van der Waals surface area contributed by atoms with Gasteiger partial charge in [-0.2, -0.15) is 0 Å². The summed E-state index contributed by atoms with van der Waals surface area (Å²) < 4.78 is 13.4. The standard InChI is InChI=1S/C22H27FN4O2/c23-17-5-6-19-16(13-17)14-18(24)22(25-19)15-7-11-27(12-8-15)21(29)4-2-10-26-9-1-3-20(26)28/h5-6,13-15H,1-4,7-12,24H2. The first kappa shape index (κ1) is 19.6. The number of aromatic nitrogens is 1. The molecule has 1 aromatic heterocycles. The average Bonchev–Trinajstić information content (AvgIpc) is 3.12. The van der Waals surface area contributed by atoms with Gasteiger partial charge in [-0.15, -0.1) is 0 Å². The van der Waals surface area contributed by atoms with Gasteiger partial charge in [0, 0.05) is 50.3 Å². The minimum absolute atomic E-state index is 0.157. The Morgan fingerprint density at radius 1 is 1.21 bits per heavy atom. The molecule has 2 aromatic rings. The van der Waals surface area contributed by atoms with Gasteiger partial charge in [0.25, 0.3) is 0 Å².